The zero-order valence-corrected chi connectivity index (χ0v) is 31.8. The van der Waals surface area contributed by atoms with E-state index in [1.807, 2.05) is 0 Å². The molecule has 2 nitrogen and oxygen atoms in total. The smallest absolute Gasteiger partial charge is 0.0541 e. The molecule has 0 bridgehead atoms. The number of para-hydroxylation sites is 3. The van der Waals surface area contributed by atoms with Crippen molar-refractivity contribution < 1.29 is 0 Å². The van der Waals surface area contributed by atoms with Crippen molar-refractivity contribution in [2.75, 3.05) is 4.90 Å². The Labute approximate surface area is 338 Å². The van der Waals surface area contributed by atoms with Gasteiger partial charge in [-0.2, -0.15) is 0 Å². The van der Waals surface area contributed by atoms with Crippen LogP contribution in [0.2, 0.25) is 0 Å². The molecule has 0 atom stereocenters. The minimum atomic E-state index is 1.09. The highest BCUT2D eigenvalue weighted by molar-refractivity contribution is 6.09. The highest BCUT2D eigenvalue weighted by Gasteiger charge is 2.19. The number of rotatable bonds is 7. The van der Waals surface area contributed by atoms with Gasteiger partial charge in [0.25, 0.3) is 0 Å². The van der Waals surface area contributed by atoms with Gasteiger partial charge in [0.05, 0.1) is 11.0 Å². The van der Waals surface area contributed by atoms with Crippen LogP contribution in [0.5, 0.6) is 0 Å². The van der Waals surface area contributed by atoms with Crippen molar-refractivity contribution in [2.45, 2.75) is 0 Å². The van der Waals surface area contributed by atoms with Crippen LogP contribution in [0.15, 0.2) is 231 Å². The summed E-state index contributed by atoms with van der Waals surface area (Å²) in [6.07, 6.45) is 0. The summed E-state index contributed by atoms with van der Waals surface area (Å²) in [6.45, 7) is 0. The molecule has 272 valence electrons. The SMILES string of the molecule is c1ccc(N(c2ccc(-c3cccc4ccccc34)cc2)c2ccc(-c3cccc(-n4c5ccccc5c5ccccc54)c3)c(-c3cccc4ccccc34)c2)cc1. The van der Waals surface area contributed by atoms with E-state index in [-0.39, 0.29) is 0 Å². The number of fused-ring (bicyclic) bond motifs is 5. The van der Waals surface area contributed by atoms with Gasteiger partial charge in [-0.1, -0.05) is 170 Å². The molecule has 11 rings (SSSR count). The number of nitrogens with zero attached hydrogens (tertiary/aromatic N) is 2. The molecule has 1 heterocycles. The van der Waals surface area contributed by atoms with Gasteiger partial charge in [0.15, 0.2) is 0 Å². The second-order valence-electron chi connectivity index (χ2n) is 14.9. The fourth-order valence-electron chi connectivity index (χ4n) is 8.91. The molecule has 0 aliphatic heterocycles. The number of hydrogen-bond donors (Lipinski definition) is 0. The summed E-state index contributed by atoms with van der Waals surface area (Å²) in [5, 5.41) is 7.48. The molecule has 1 aromatic heterocycles. The Morgan fingerprint density at radius 1 is 0.276 bits per heavy atom. The van der Waals surface area contributed by atoms with Gasteiger partial charge in [0.2, 0.25) is 0 Å². The lowest BCUT2D eigenvalue weighted by atomic mass is 9.90. The molecule has 0 amide bonds. The normalized spacial score (nSPS) is 11.4. The lowest BCUT2D eigenvalue weighted by Gasteiger charge is -2.27. The molecule has 0 N–H and O–H groups in total. The minimum Gasteiger partial charge on any atom is -0.310 e. The predicted octanol–water partition coefficient (Wildman–Crippen LogP) is 15.6. The van der Waals surface area contributed by atoms with Crippen LogP contribution in [0.1, 0.15) is 0 Å². The third-order valence-electron chi connectivity index (χ3n) is 11.6. The lowest BCUT2D eigenvalue weighted by molar-refractivity contribution is 1.18. The fraction of sp³-hybridized carbons (Fsp3) is 0. The van der Waals surface area contributed by atoms with Gasteiger partial charge >= 0.3 is 0 Å². The average molecular weight is 739 g/mol. The molecule has 0 saturated heterocycles. The van der Waals surface area contributed by atoms with E-state index in [2.05, 4.69) is 240 Å². The van der Waals surface area contributed by atoms with Crippen LogP contribution < -0.4 is 4.90 Å². The van der Waals surface area contributed by atoms with E-state index in [9.17, 15) is 0 Å². The highest BCUT2D eigenvalue weighted by atomic mass is 15.1. The molecule has 2 heteroatoms. The average Bonchev–Trinajstić information content (AvgIpc) is 3.64. The Balaban J connectivity index is 1.09. The molecule has 0 fully saturated rings. The predicted molar refractivity (Wildman–Crippen MR) is 247 cm³/mol. The second-order valence-corrected chi connectivity index (χ2v) is 14.9. The van der Waals surface area contributed by atoms with Gasteiger partial charge in [0.1, 0.15) is 0 Å². The second kappa shape index (κ2) is 14.1. The molecule has 0 spiro atoms. The molecule has 0 aliphatic rings. The summed E-state index contributed by atoms with van der Waals surface area (Å²) in [7, 11) is 0. The van der Waals surface area contributed by atoms with Gasteiger partial charge in [-0.25, -0.2) is 0 Å². The first kappa shape index (κ1) is 33.6. The van der Waals surface area contributed by atoms with E-state index in [0.29, 0.717) is 0 Å². The Hall–Kier alpha value is -7.68. The summed E-state index contributed by atoms with van der Waals surface area (Å²) in [5.74, 6) is 0. The summed E-state index contributed by atoms with van der Waals surface area (Å²) >= 11 is 0. The maximum atomic E-state index is 2.40. The maximum Gasteiger partial charge on any atom is 0.0541 e. The first-order valence-electron chi connectivity index (χ1n) is 19.9. The van der Waals surface area contributed by atoms with Gasteiger partial charge in [0, 0.05) is 33.5 Å². The van der Waals surface area contributed by atoms with Crippen LogP contribution in [0, 0.1) is 0 Å². The molecular formula is C56H38N2. The van der Waals surface area contributed by atoms with Gasteiger partial charge in [-0.3, -0.25) is 0 Å². The maximum absolute atomic E-state index is 2.40. The van der Waals surface area contributed by atoms with E-state index in [0.717, 1.165) is 22.7 Å². The monoisotopic (exact) mass is 738 g/mol. The standard InChI is InChI=1S/C56H38N2/c1-2-20-43(21-3-1)57(44-33-31-41(32-34-44)48-27-13-17-39-15-4-6-23-47(39)48)46-35-36-50(54(38-46)51-28-14-18-40-16-5-7-24-49(40)51)42-19-12-22-45(37-42)58-55-29-10-8-25-52(55)53-26-9-11-30-56(53)58/h1-38H. The van der Waals surface area contributed by atoms with Crippen LogP contribution in [0.4, 0.5) is 17.1 Å². The molecular weight excluding hydrogens is 701 g/mol. The fourth-order valence-corrected chi connectivity index (χ4v) is 8.91. The molecule has 0 unspecified atom stereocenters. The highest BCUT2D eigenvalue weighted by Crippen LogP contribution is 2.44. The van der Waals surface area contributed by atoms with E-state index in [1.54, 1.807) is 0 Å². The first-order chi connectivity index (χ1) is 28.8. The summed E-state index contributed by atoms with van der Waals surface area (Å²) in [4.78, 5) is 2.37. The van der Waals surface area contributed by atoms with Crippen molar-refractivity contribution in [3.8, 4) is 39.1 Å². The van der Waals surface area contributed by atoms with Gasteiger partial charge in [-0.15, -0.1) is 0 Å². The van der Waals surface area contributed by atoms with Crippen molar-refractivity contribution in [1.29, 1.82) is 0 Å². The summed E-state index contributed by atoms with van der Waals surface area (Å²) < 4.78 is 2.40. The van der Waals surface area contributed by atoms with Gasteiger partial charge < -0.3 is 9.47 Å². The Morgan fingerprint density at radius 2 is 0.793 bits per heavy atom. The minimum absolute atomic E-state index is 1.09. The zero-order valence-electron chi connectivity index (χ0n) is 31.8. The number of aromatic nitrogens is 1. The van der Waals surface area contributed by atoms with Crippen LogP contribution in [0.3, 0.4) is 0 Å². The van der Waals surface area contributed by atoms with Gasteiger partial charge in [-0.05, 0) is 116 Å². The molecule has 11 aromatic rings. The molecule has 0 radical (unpaired) electrons. The number of hydrogen-bond acceptors (Lipinski definition) is 1. The van der Waals surface area contributed by atoms with Crippen LogP contribution in [-0.4, -0.2) is 4.57 Å². The van der Waals surface area contributed by atoms with Crippen LogP contribution in [0.25, 0.3) is 82.4 Å². The first-order valence-corrected chi connectivity index (χ1v) is 19.9. The lowest BCUT2D eigenvalue weighted by Crippen LogP contribution is -2.10. The van der Waals surface area contributed by atoms with E-state index >= 15 is 0 Å². The molecule has 0 aliphatic carbocycles. The largest absolute Gasteiger partial charge is 0.310 e. The van der Waals surface area contributed by atoms with E-state index in [4.69, 9.17) is 0 Å². The van der Waals surface area contributed by atoms with Crippen molar-refractivity contribution in [3.63, 3.8) is 0 Å². The third kappa shape index (κ3) is 5.74. The number of anilines is 3. The van der Waals surface area contributed by atoms with Crippen molar-refractivity contribution >= 4 is 60.4 Å². The molecule has 58 heavy (non-hydrogen) atoms. The van der Waals surface area contributed by atoms with Crippen molar-refractivity contribution in [2.24, 2.45) is 0 Å². The zero-order chi connectivity index (χ0) is 38.4. The number of benzene rings is 10. The topological polar surface area (TPSA) is 8.17 Å². The third-order valence-corrected chi connectivity index (χ3v) is 11.6. The Kier molecular flexibility index (Phi) is 8.19. The van der Waals surface area contributed by atoms with Crippen molar-refractivity contribution in [3.05, 3.63) is 231 Å². The van der Waals surface area contributed by atoms with Crippen LogP contribution >= 0.6 is 0 Å². The van der Waals surface area contributed by atoms with Crippen molar-refractivity contribution in [1.82, 2.24) is 4.57 Å². The van der Waals surface area contributed by atoms with E-state index in [1.165, 1.54) is 76.7 Å². The summed E-state index contributed by atoms with van der Waals surface area (Å²) in [6, 6.07) is 83.7. The summed E-state index contributed by atoms with van der Waals surface area (Å²) in [5.41, 5.74) is 14.0. The van der Waals surface area contributed by atoms with Crippen LogP contribution in [-0.2, 0) is 0 Å². The Bertz CT molecular complexity index is 3220. The van der Waals surface area contributed by atoms with E-state index < -0.39 is 0 Å². The molecule has 0 saturated carbocycles. The Morgan fingerprint density at radius 3 is 1.48 bits per heavy atom. The quantitative estimate of drug-likeness (QED) is 0.158. The molecule has 10 aromatic carbocycles.